The van der Waals surface area contributed by atoms with Gasteiger partial charge in [-0.15, -0.1) is 16.8 Å². The normalized spacial score (nSPS) is 11.3. The smallest absolute Gasteiger partial charge is 0.263 e. The van der Waals surface area contributed by atoms with Gasteiger partial charge in [0.2, 0.25) is 11.7 Å². The van der Waals surface area contributed by atoms with E-state index in [2.05, 4.69) is 27.2 Å². The van der Waals surface area contributed by atoms with E-state index in [1.807, 2.05) is 72.3 Å². The van der Waals surface area contributed by atoms with Crippen molar-refractivity contribution in [2.24, 2.45) is 0 Å². The standard InChI is InChI=1S/C26H25N7O2S/c1-5-14-31-24(35)20-8-6-7-9-21(20)32-25(31)28-29-26(32)36-15-22(34)27-23-17(3)30-33(18(23)4)19-12-10-16(2)11-13-19/h5-13H,1,14-15H2,2-4H3,(H,27,34). The topological polar surface area (TPSA) is 99.1 Å². The largest absolute Gasteiger partial charge is 0.322 e. The molecule has 3 heterocycles. The number of aryl methyl sites for hydroxylation is 2. The molecule has 0 aliphatic rings. The van der Waals surface area contributed by atoms with E-state index in [9.17, 15) is 9.59 Å². The molecule has 0 unspecified atom stereocenters. The van der Waals surface area contributed by atoms with Crippen molar-refractivity contribution in [1.82, 2.24) is 28.9 Å². The number of carbonyl (C=O) groups excluding carboxylic acids is 1. The Labute approximate surface area is 211 Å². The molecule has 0 saturated heterocycles. The number of aromatic nitrogens is 6. The van der Waals surface area contributed by atoms with Gasteiger partial charge in [-0.3, -0.25) is 18.6 Å². The molecule has 1 N–H and O–H groups in total. The van der Waals surface area contributed by atoms with Gasteiger partial charge in [-0.25, -0.2) is 4.68 Å². The van der Waals surface area contributed by atoms with E-state index < -0.39 is 0 Å². The van der Waals surface area contributed by atoms with E-state index in [1.54, 1.807) is 12.1 Å². The maximum Gasteiger partial charge on any atom is 0.263 e. The van der Waals surface area contributed by atoms with Gasteiger partial charge < -0.3 is 5.32 Å². The number of para-hydroxylation sites is 1. The second-order valence-corrected chi connectivity index (χ2v) is 9.41. The van der Waals surface area contributed by atoms with Crippen LogP contribution in [0.4, 0.5) is 5.69 Å². The lowest BCUT2D eigenvalue weighted by Gasteiger charge is -2.10. The third-order valence-corrected chi connectivity index (χ3v) is 6.89. The van der Waals surface area contributed by atoms with Crippen LogP contribution in [-0.2, 0) is 11.3 Å². The fourth-order valence-electron chi connectivity index (χ4n) is 4.19. The molecule has 2 aromatic carbocycles. The van der Waals surface area contributed by atoms with Crippen LogP contribution in [0.3, 0.4) is 0 Å². The Balaban J connectivity index is 1.41. The average molecular weight is 500 g/mol. The van der Waals surface area contributed by atoms with Gasteiger partial charge in [0.15, 0.2) is 5.16 Å². The highest BCUT2D eigenvalue weighted by Crippen LogP contribution is 2.25. The van der Waals surface area contributed by atoms with E-state index in [0.717, 1.165) is 17.1 Å². The highest BCUT2D eigenvalue weighted by atomic mass is 32.2. The van der Waals surface area contributed by atoms with Gasteiger partial charge in [0.25, 0.3) is 5.56 Å². The Hall–Kier alpha value is -4.18. The monoisotopic (exact) mass is 499 g/mol. The number of carbonyl (C=O) groups is 1. The fraction of sp³-hybridized carbons (Fsp3) is 0.192. The molecule has 5 aromatic rings. The second kappa shape index (κ2) is 9.46. The number of nitrogens with one attached hydrogen (secondary N) is 1. The molecule has 0 fully saturated rings. The number of amides is 1. The summed E-state index contributed by atoms with van der Waals surface area (Å²) in [5.41, 5.74) is 4.91. The van der Waals surface area contributed by atoms with Crippen LogP contribution in [0.1, 0.15) is 17.0 Å². The molecule has 0 atom stereocenters. The molecule has 5 rings (SSSR count). The molecular formula is C26H25N7O2S. The van der Waals surface area contributed by atoms with Crippen molar-refractivity contribution in [2.75, 3.05) is 11.1 Å². The predicted molar refractivity (Wildman–Crippen MR) is 142 cm³/mol. The first-order valence-corrected chi connectivity index (χ1v) is 12.4. The summed E-state index contributed by atoms with van der Waals surface area (Å²) in [6.45, 7) is 9.89. The van der Waals surface area contributed by atoms with Crippen LogP contribution in [0.2, 0.25) is 0 Å². The first kappa shape index (κ1) is 23.6. The number of benzene rings is 2. The van der Waals surface area contributed by atoms with Gasteiger partial charge in [0.05, 0.1) is 39.4 Å². The Bertz CT molecular complexity index is 1680. The van der Waals surface area contributed by atoms with Crippen LogP contribution in [0.5, 0.6) is 0 Å². The van der Waals surface area contributed by atoms with Gasteiger partial charge in [0, 0.05) is 6.54 Å². The molecule has 0 aliphatic heterocycles. The lowest BCUT2D eigenvalue weighted by Crippen LogP contribution is -2.22. The van der Waals surface area contributed by atoms with Crippen molar-refractivity contribution in [3.63, 3.8) is 0 Å². The van der Waals surface area contributed by atoms with Gasteiger partial charge in [-0.1, -0.05) is 47.7 Å². The minimum atomic E-state index is -0.185. The van der Waals surface area contributed by atoms with Crippen molar-refractivity contribution in [2.45, 2.75) is 32.5 Å². The molecule has 36 heavy (non-hydrogen) atoms. The minimum Gasteiger partial charge on any atom is -0.322 e. The van der Waals surface area contributed by atoms with Crippen LogP contribution in [0, 0.1) is 20.8 Å². The summed E-state index contributed by atoms with van der Waals surface area (Å²) in [6.07, 6.45) is 1.65. The first-order valence-electron chi connectivity index (χ1n) is 11.4. The van der Waals surface area contributed by atoms with Crippen LogP contribution in [0.15, 0.2) is 71.1 Å². The summed E-state index contributed by atoms with van der Waals surface area (Å²) in [5.74, 6) is 0.340. The van der Waals surface area contributed by atoms with Crippen molar-refractivity contribution in [3.05, 3.63) is 88.5 Å². The van der Waals surface area contributed by atoms with Gasteiger partial charge in [-0.2, -0.15) is 5.10 Å². The Morgan fingerprint density at radius 2 is 1.83 bits per heavy atom. The number of hydrogen-bond donors (Lipinski definition) is 1. The zero-order valence-electron chi connectivity index (χ0n) is 20.2. The highest BCUT2D eigenvalue weighted by molar-refractivity contribution is 7.99. The molecule has 182 valence electrons. The van der Waals surface area contributed by atoms with Gasteiger partial charge >= 0.3 is 0 Å². The van der Waals surface area contributed by atoms with E-state index >= 15 is 0 Å². The molecule has 0 saturated carbocycles. The number of anilines is 1. The Morgan fingerprint density at radius 3 is 2.58 bits per heavy atom. The van der Waals surface area contributed by atoms with Crippen molar-refractivity contribution in [3.8, 4) is 5.69 Å². The second-order valence-electron chi connectivity index (χ2n) is 8.47. The zero-order valence-corrected chi connectivity index (χ0v) is 21.0. The van der Waals surface area contributed by atoms with Crippen LogP contribution >= 0.6 is 11.8 Å². The summed E-state index contributed by atoms with van der Waals surface area (Å²) in [5, 5.41) is 17.2. The number of allylic oxidation sites excluding steroid dienone is 1. The Kier molecular flexibility index (Phi) is 6.19. The number of fused-ring (bicyclic) bond motifs is 3. The van der Waals surface area contributed by atoms with Gasteiger partial charge in [0.1, 0.15) is 0 Å². The van der Waals surface area contributed by atoms with Crippen molar-refractivity contribution in [1.29, 1.82) is 0 Å². The molecule has 9 nitrogen and oxygen atoms in total. The summed E-state index contributed by atoms with van der Waals surface area (Å²) >= 11 is 1.26. The predicted octanol–water partition coefficient (Wildman–Crippen LogP) is 4.07. The van der Waals surface area contributed by atoms with Crippen molar-refractivity contribution >= 4 is 40.0 Å². The Morgan fingerprint density at radius 1 is 1.08 bits per heavy atom. The van der Waals surface area contributed by atoms with Crippen LogP contribution < -0.4 is 10.9 Å². The number of hydrogen-bond acceptors (Lipinski definition) is 6. The van der Waals surface area contributed by atoms with E-state index in [4.69, 9.17) is 0 Å². The number of thioether (sulfide) groups is 1. The molecule has 0 spiro atoms. The summed E-state index contributed by atoms with van der Waals surface area (Å²) in [7, 11) is 0. The zero-order chi connectivity index (χ0) is 25.4. The molecule has 1 amide bonds. The van der Waals surface area contributed by atoms with Crippen LogP contribution in [-0.4, -0.2) is 40.6 Å². The summed E-state index contributed by atoms with van der Waals surface area (Å²) in [6, 6.07) is 15.4. The molecular weight excluding hydrogens is 474 g/mol. The molecule has 10 heteroatoms. The van der Waals surface area contributed by atoms with E-state index in [1.165, 1.54) is 21.9 Å². The van der Waals surface area contributed by atoms with Crippen LogP contribution in [0.25, 0.3) is 22.4 Å². The van der Waals surface area contributed by atoms with Crippen molar-refractivity contribution < 1.29 is 4.79 Å². The SMILES string of the molecule is C=CCn1c(=O)c2ccccc2n2c(SCC(=O)Nc3c(C)nn(-c4ccc(C)cc4)c3C)nnc12. The van der Waals surface area contributed by atoms with Gasteiger partial charge in [-0.05, 0) is 45.0 Å². The fourth-order valence-corrected chi connectivity index (χ4v) is 4.93. The minimum absolute atomic E-state index is 0.115. The molecule has 0 aliphatic carbocycles. The quantitative estimate of drug-likeness (QED) is 0.268. The maximum absolute atomic E-state index is 13.0. The van der Waals surface area contributed by atoms with E-state index in [0.29, 0.717) is 34.1 Å². The number of nitrogens with zero attached hydrogens (tertiary/aromatic N) is 6. The third kappa shape index (κ3) is 4.09. The average Bonchev–Trinajstić information content (AvgIpc) is 3.42. The van der Waals surface area contributed by atoms with E-state index in [-0.39, 0.29) is 17.2 Å². The molecule has 0 radical (unpaired) electrons. The summed E-state index contributed by atoms with van der Waals surface area (Å²) in [4.78, 5) is 25.9. The maximum atomic E-state index is 13.0. The molecule has 0 bridgehead atoms. The lowest BCUT2D eigenvalue weighted by molar-refractivity contribution is -0.113. The summed E-state index contributed by atoms with van der Waals surface area (Å²) < 4.78 is 5.16. The lowest BCUT2D eigenvalue weighted by atomic mass is 10.2. The molecule has 3 aromatic heterocycles. The first-order chi connectivity index (χ1) is 17.4. The highest BCUT2D eigenvalue weighted by Gasteiger charge is 2.19. The number of rotatable bonds is 7. The third-order valence-electron chi connectivity index (χ3n) is 5.96.